The van der Waals surface area contributed by atoms with Gasteiger partial charge in [-0.3, -0.25) is 9.59 Å². The first-order valence-electron chi connectivity index (χ1n) is 7.14. The maximum Gasteiger partial charge on any atom is 0.236 e. The summed E-state index contributed by atoms with van der Waals surface area (Å²) in [7, 11) is 0. The summed E-state index contributed by atoms with van der Waals surface area (Å²) < 4.78 is 0. The zero-order valence-electron chi connectivity index (χ0n) is 12.8. The molecule has 4 heteroatoms. The van der Waals surface area contributed by atoms with Crippen LogP contribution in [0.1, 0.15) is 39.2 Å². The van der Waals surface area contributed by atoms with Crippen molar-refractivity contribution in [1.29, 1.82) is 0 Å². The van der Waals surface area contributed by atoms with Gasteiger partial charge in [0.1, 0.15) is 6.42 Å². The fourth-order valence-corrected chi connectivity index (χ4v) is 1.96. The Morgan fingerprint density at radius 3 is 2.55 bits per heavy atom. The van der Waals surface area contributed by atoms with Gasteiger partial charge in [-0.05, 0) is 44.9 Å². The van der Waals surface area contributed by atoms with E-state index in [9.17, 15) is 9.59 Å². The molecule has 0 bridgehead atoms. The number of hydrogen-bond acceptors (Lipinski definition) is 2. The molecule has 1 aromatic carbocycles. The third-order valence-corrected chi connectivity index (χ3v) is 3.26. The van der Waals surface area contributed by atoms with Gasteiger partial charge in [-0.1, -0.05) is 19.1 Å². The van der Waals surface area contributed by atoms with E-state index in [1.54, 1.807) is 4.90 Å². The number of rotatable bonds is 6. The van der Waals surface area contributed by atoms with Crippen LogP contribution in [0.4, 0.5) is 5.69 Å². The molecule has 20 heavy (non-hydrogen) atoms. The summed E-state index contributed by atoms with van der Waals surface area (Å²) in [6.45, 7) is 8.38. The van der Waals surface area contributed by atoms with Crippen LogP contribution in [0.25, 0.3) is 0 Å². The van der Waals surface area contributed by atoms with Crippen molar-refractivity contribution in [2.24, 2.45) is 0 Å². The van der Waals surface area contributed by atoms with E-state index >= 15 is 0 Å². The minimum atomic E-state index is -0.213. The Morgan fingerprint density at radius 1 is 1.30 bits per heavy atom. The predicted octanol–water partition coefficient (Wildman–Crippen LogP) is 2.65. The molecule has 1 unspecified atom stereocenters. The van der Waals surface area contributed by atoms with Gasteiger partial charge in [0.05, 0.1) is 0 Å². The molecule has 0 saturated carbocycles. The maximum absolute atomic E-state index is 12.2. The van der Waals surface area contributed by atoms with Crippen molar-refractivity contribution in [1.82, 2.24) is 5.32 Å². The van der Waals surface area contributed by atoms with Crippen LogP contribution in [0.5, 0.6) is 0 Å². The van der Waals surface area contributed by atoms with Crippen LogP contribution < -0.4 is 10.2 Å². The van der Waals surface area contributed by atoms with Gasteiger partial charge in [0.2, 0.25) is 11.8 Å². The monoisotopic (exact) mass is 276 g/mol. The van der Waals surface area contributed by atoms with Gasteiger partial charge in [-0.25, -0.2) is 0 Å². The molecule has 1 aromatic rings. The zero-order chi connectivity index (χ0) is 15.1. The average Bonchev–Trinajstić information content (AvgIpc) is 2.39. The molecule has 0 heterocycles. The molecule has 0 radical (unpaired) electrons. The highest BCUT2D eigenvalue weighted by atomic mass is 16.2. The van der Waals surface area contributed by atoms with Gasteiger partial charge in [0.15, 0.2) is 0 Å². The summed E-state index contributed by atoms with van der Waals surface area (Å²) in [5.41, 5.74) is 1.94. The van der Waals surface area contributed by atoms with Crippen molar-refractivity contribution >= 4 is 17.5 Å². The second-order valence-electron chi connectivity index (χ2n) is 5.03. The molecular weight excluding hydrogens is 252 g/mol. The molecular formula is C16H24N2O2. The smallest absolute Gasteiger partial charge is 0.236 e. The Hall–Kier alpha value is -1.84. The van der Waals surface area contributed by atoms with Crippen LogP contribution >= 0.6 is 0 Å². The first-order chi connectivity index (χ1) is 9.47. The molecule has 0 aliphatic heterocycles. The molecule has 4 nitrogen and oxygen atoms in total. The fourth-order valence-electron chi connectivity index (χ4n) is 1.96. The van der Waals surface area contributed by atoms with E-state index in [1.165, 1.54) is 0 Å². The van der Waals surface area contributed by atoms with E-state index in [-0.39, 0.29) is 24.3 Å². The van der Waals surface area contributed by atoms with E-state index in [2.05, 4.69) is 5.32 Å². The van der Waals surface area contributed by atoms with Crippen molar-refractivity contribution in [2.75, 3.05) is 11.4 Å². The first kappa shape index (κ1) is 16.2. The fraction of sp³-hybridized carbons (Fsp3) is 0.500. The van der Waals surface area contributed by atoms with Gasteiger partial charge in [-0.15, -0.1) is 0 Å². The van der Waals surface area contributed by atoms with Crippen molar-refractivity contribution in [3.63, 3.8) is 0 Å². The molecule has 110 valence electrons. The number of anilines is 1. The van der Waals surface area contributed by atoms with Gasteiger partial charge in [0, 0.05) is 18.3 Å². The lowest BCUT2D eigenvalue weighted by molar-refractivity contribution is -0.128. The number of hydrogen-bond donors (Lipinski definition) is 1. The Bertz CT molecular complexity index is 471. The maximum atomic E-state index is 12.2. The number of carbonyl (C=O) groups excluding carboxylic acids is 2. The largest absolute Gasteiger partial charge is 0.353 e. The number of nitrogens with one attached hydrogen (secondary N) is 1. The molecule has 1 atom stereocenters. The predicted molar refractivity (Wildman–Crippen MR) is 81.7 cm³/mol. The molecule has 0 saturated heterocycles. The lowest BCUT2D eigenvalue weighted by Gasteiger charge is -2.21. The standard InChI is InChI=1S/C16H24N2O2/c1-5-13(4)17-15(19)11-16(20)18(6-2)14-9-7-8-12(3)10-14/h7-10,13H,5-6,11H2,1-4H3,(H,17,19). The topological polar surface area (TPSA) is 49.4 Å². The van der Waals surface area contributed by atoms with Crippen LogP contribution in [0, 0.1) is 6.92 Å². The highest BCUT2D eigenvalue weighted by Gasteiger charge is 2.18. The highest BCUT2D eigenvalue weighted by Crippen LogP contribution is 2.16. The first-order valence-corrected chi connectivity index (χ1v) is 7.14. The Labute approximate surface area is 121 Å². The Kier molecular flexibility index (Phi) is 6.22. The van der Waals surface area contributed by atoms with Crippen LogP contribution in [0.3, 0.4) is 0 Å². The van der Waals surface area contributed by atoms with E-state index < -0.39 is 0 Å². The summed E-state index contributed by atoms with van der Waals surface area (Å²) in [5.74, 6) is -0.380. The molecule has 0 aromatic heterocycles. The van der Waals surface area contributed by atoms with Crippen LogP contribution in [-0.4, -0.2) is 24.4 Å². The lowest BCUT2D eigenvalue weighted by Crippen LogP contribution is -2.38. The van der Waals surface area contributed by atoms with E-state index in [0.717, 1.165) is 17.7 Å². The average molecular weight is 276 g/mol. The minimum Gasteiger partial charge on any atom is -0.353 e. The van der Waals surface area contributed by atoms with E-state index in [1.807, 2.05) is 52.0 Å². The second-order valence-corrected chi connectivity index (χ2v) is 5.03. The summed E-state index contributed by atoms with van der Waals surface area (Å²) in [6.07, 6.45) is 0.751. The molecule has 0 aliphatic carbocycles. The van der Waals surface area contributed by atoms with Gasteiger partial charge < -0.3 is 10.2 Å². The minimum absolute atomic E-state index is 0.101. The van der Waals surface area contributed by atoms with Crippen LogP contribution in [0.2, 0.25) is 0 Å². The Morgan fingerprint density at radius 2 is 2.00 bits per heavy atom. The van der Waals surface area contributed by atoms with Gasteiger partial charge >= 0.3 is 0 Å². The third kappa shape index (κ3) is 4.68. The molecule has 0 aliphatic rings. The van der Waals surface area contributed by atoms with Crippen molar-refractivity contribution in [2.45, 2.75) is 46.6 Å². The van der Waals surface area contributed by atoms with Crippen LogP contribution in [0.15, 0.2) is 24.3 Å². The molecule has 1 N–H and O–H groups in total. The molecule has 0 spiro atoms. The third-order valence-electron chi connectivity index (χ3n) is 3.26. The van der Waals surface area contributed by atoms with Crippen molar-refractivity contribution < 1.29 is 9.59 Å². The number of benzene rings is 1. The van der Waals surface area contributed by atoms with Gasteiger partial charge in [0.25, 0.3) is 0 Å². The van der Waals surface area contributed by atoms with E-state index in [4.69, 9.17) is 0 Å². The molecule has 1 rings (SSSR count). The molecule has 2 amide bonds. The normalized spacial score (nSPS) is 11.8. The number of amides is 2. The number of carbonyl (C=O) groups is 2. The van der Waals surface area contributed by atoms with Crippen molar-refractivity contribution in [3.05, 3.63) is 29.8 Å². The summed E-state index contributed by atoms with van der Waals surface area (Å²) >= 11 is 0. The van der Waals surface area contributed by atoms with E-state index in [0.29, 0.717) is 6.54 Å². The quantitative estimate of drug-likeness (QED) is 0.812. The number of aryl methyl sites for hydroxylation is 1. The lowest BCUT2D eigenvalue weighted by atomic mass is 10.2. The van der Waals surface area contributed by atoms with Crippen LogP contribution in [-0.2, 0) is 9.59 Å². The van der Waals surface area contributed by atoms with Gasteiger partial charge in [-0.2, -0.15) is 0 Å². The SMILES string of the molecule is CCC(C)NC(=O)CC(=O)N(CC)c1cccc(C)c1. The highest BCUT2D eigenvalue weighted by molar-refractivity contribution is 6.05. The summed E-state index contributed by atoms with van der Waals surface area (Å²) in [5, 5.41) is 2.82. The van der Waals surface area contributed by atoms with Crippen molar-refractivity contribution in [3.8, 4) is 0 Å². The second kappa shape index (κ2) is 7.68. The zero-order valence-corrected chi connectivity index (χ0v) is 12.8. The molecule has 0 fully saturated rings. The summed E-state index contributed by atoms with van der Waals surface area (Å²) in [4.78, 5) is 25.7. The Balaban J connectivity index is 2.71. The summed E-state index contributed by atoms with van der Waals surface area (Å²) in [6, 6.07) is 7.84. The number of nitrogens with zero attached hydrogens (tertiary/aromatic N) is 1.